The third-order valence-electron chi connectivity index (χ3n) is 15.2. The quantitative estimate of drug-likeness (QED) is 0.142. The van der Waals surface area contributed by atoms with Crippen molar-refractivity contribution in [2.75, 3.05) is 6.54 Å². The maximum absolute atomic E-state index is 5.66. The number of fused-ring (bicyclic) bond motifs is 8. The lowest BCUT2D eigenvalue weighted by atomic mass is 9.76. The molecule has 0 amide bonds. The molecule has 3 N–H and O–H groups in total. The van der Waals surface area contributed by atoms with Crippen LogP contribution < -0.4 is 0 Å². The third-order valence-corrected chi connectivity index (χ3v) is 15.2. The number of hydrogen-bond donors (Lipinski definition) is 3. The van der Waals surface area contributed by atoms with Crippen molar-refractivity contribution in [2.24, 2.45) is 0 Å². The highest BCUT2D eigenvalue weighted by Gasteiger charge is 2.35. The molecule has 0 fully saturated rings. The van der Waals surface area contributed by atoms with Crippen molar-refractivity contribution in [2.45, 2.75) is 0 Å². The summed E-state index contributed by atoms with van der Waals surface area (Å²) in [5, 5.41) is 27.4. The summed E-state index contributed by atoms with van der Waals surface area (Å²) < 4.78 is 0. The predicted molar refractivity (Wildman–Crippen MR) is 308 cm³/mol. The predicted octanol–water partition coefficient (Wildman–Crippen LogP) is 14.6. The van der Waals surface area contributed by atoms with Gasteiger partial charge in [0.05, 0.1) is 41.1 Å². The number of allylic oxidation sites excluding steroid dienone is 5. The number of H-pyrrole nitrogens is 3. The molecule has 2 aliphatic heterocycles. The average molecular weight is 989 g/mol. The molecule has 77 heavy (non-hydrogen) atoms. The maximum atomic E-state index is 5.66. The van der Waals surface area contributed by atoms with Gasteiger partial charge >= 0.3 is 0 Å². The first-order valence-corrected chi connectivity index (χ1v) is 25.5. The van der Waals surface area contributed by atoms with E-state index < -0.39 is 0 Å². The van der Waals surface area contributed by atoms with Crippen molar-refractivity contribution in [3.8, 4) is 67.7 Å². The molecule has 7 aromatic carbocycles. The summed E-state index contributed by atoms with van der Waals surface area (Å²) in [5.74, 6) is 0.459. The van der Waals surface area contributed by atoms with Gasteiger partial charge in [0.1, 0.15) is 16.9 Å². The highest BCUT2D eigenvalue weighted by atomic mass is 15.1. The molecule has 16 rings (SSSR count). The molecule has 0 spiro atoms. The average Bonchev–Trinajstić information content (AvgIpc) is 4.32. The minimum absolute atomic E-state index is 0.459. The Morgan fingerprint density at radius 1 is 0.519 bits per heavy atom. The molecule has 360 valence electrons. The first-order chi connectivity index (χ1) is 38.2. The molecular formula is C65H40N12. The van der Waals surface area contributed by atoms with Crippen LogP contribution in [-0.2, 0) is 0 Å². The number of rotatable bonds is 7. The summed E-state index contributed by atoms with van der Waals surface area (Å²) in [5.41, 5.74) is 15.7. The monoisotopic (exact) mass is 988 g/mol. The van der Waals surface area contributed by atoms with Crippen molar-refractivity contribution < 1.29 is 0 Å². The zero-order valence-corrected chi connectivity index (χ0v) is 40.9. The highest BCUT2D eigenvalue weighted by molar-refractivity contribution is 6.26. The van der Waals surface area contributed by atoms with Crippen LogP contribution >= 0.6 is 0 Å². The van der Waals surface area contributed by atoms with Crippen molar-refractivity contribution in [3.63, 3.8) is 0 Å². The zero-order valence-electron chi connectivity index (χ0n) is 40.9. The van der Waals surface area contributed by atoms with Crippen LogP contribution in [0.3, 0.4) is 0 Å². The van der Waals surface area contributed by atoms with E-state index in [-0.39, 0.29) is 0 Å². The number of para-hydroxylation sites is 3. The van der Waals surface area contributed by atoms with E-state index in [0.717, 1.165) is 138 Å². The van der Waals surface area contributed by atoms with Gasteiger partial charge in [-0.2, -0.15) is 10.2 Å². The minimum atomic E-state index is 0.459. The van der Waals surface area contributed by atoms with Crippen LogP contribution in [0.25, 0.3) is 149 Å². The fraction of sp³-hybridized carbons (Fsp3) is 0.0154. The molecule has 0 radical (unpaired) electrons. The van der Waals surface area contributed by atoms with E-state index >= 15 is 0 Å². The van der Waals surface area contributed by atoms with Crippen molar-refractivity contribution in [3.05, 3.63) is 224 Å². The number of nitrogens with zero attached hydrogens (tertiary/aromatic N) is 9. The van der Waals surface area contributed by atoms with Crippen molar-refractivity contribution >= 4 is 81.8 Å². The fourth-order valence-corrected chi connectivity index (χ4v) is 11.8. The summed E-state index contributed by atoms with van der Waals surface area (Å²) in [6.07, 6.45) is 20.3. The number of pyridine rings is 2. The van der Waals surface area contributed by atoms with Gasteiger partial charge in [-0.05, 0) is 65.4 Å². The van der Waals surface area contributed by atoms with E-state index in [2.05, 4.69) is 190 Å². The Bertz CT molecular complexity index is 4890. The molecule has 2 aliphatic rings. The second-order valence-electron chi connectivity index (χ2n) is 19.4. The number of aromatic amines is 3. The topological polar surface area (TPSA) is 154 Å². The van der Waals surface area contributed by atoms with Gasteiger partial charge in [0.25, 0.3) is 0 Å². The number of aromatic nitrogens is 11. The number of hydrogen-bond acceptors (Lipinski definition) is 9. The van der Waals surface area contributed by atoms with Crippen LogP contribution in [0.15, 0.2) is 219 Å². The summed E-state index contributed by atoms with van der Waals surface area (Å²) in [7, 11) is 0. The molecular weight excluding hydrogens is 949 g/mol. The van der Waals surface area contributed by atoms with E-state index in [1.54, 1.807) is 6.33 Å². The molecule has 7 aromatic heterocycles. The molecule has 0 bridgehead atoms. The van der Waals surface area contributed by atoms with Gasteiger partial charge in [0.15, 0.2) is 11.5 Å². The smallest absolute Gasteiger partial charge is 0.181 e. The summed E-state index contributed by atoms with van der Waals surface area (Å²) in [6.45, 7) is 0.684. The summed E-state index contributed by atoms with van der Waals surface area (Å²) >= 11 is 0. The second-order valence-corrected chi connectivity index (χ2v) is 19.4. The van der Waals surface area contributed by atoms with Crippen LogP contribution in [0.1, 0.15) is 5.56 Å². The molecule has 0 unspecified atom stereocenters. The van der Waals surface area contributed by atoms with Crippen LogP contribution in [-0.4, -0.2) is 66.7 Å². The van der Waals surface area contributed by atoms with Gasteiger partial charge in [-0.25, -0.2) is 19.9 Å². The third kappa shape index (κ3) is 6.65. The van der Waals surface area contributed by atoms with E-state index in [9.17, 15) is 0 Å². The van der Waals surface area contributed by atoms with Crippen LogP contribution in [0.2, 0.25) is 0 Å². The zero-order chi connectivity index (χ0) is 50.6. The lowest BCUT2D eigenvalue weighted by molar-refractivity contribution is 0.527. The lowest BCUT2D eigenvalue weighted by Gasteiger charge is -2.32. The molecule has 9 heterocycles. The number of imidazole rings is 1. The first-order valence-electron chi connectivity index (χ1n) is 25.5. The molecule has 14 aromatic rings. The van der Waals surface area contributed by atoms with Crippen molar-refractivity contribution in [1.82, 2.24) is 60.2 Å². The van der Waals surface area contributed by atoms with Gasteiger partial charge in [-0.15, -0.1) is 5.10 Å². The largest absolute Gasteiger partial charge is 0.355 e. The Balaban J connectivity index is 1.25. The van der Waals surface area contributed by atoms with E-state index in [1.807, 2.05) is 36.8 Å². The Labute approximate surface area is 438 Å². The van der Waals surface area contributed by atoms with Gasteiger partial charge in [-0.1, -0.05) is 127 Å². The van der Waals surface area contributed by atoms with E-state index in [4.69, 9.17) is 40.2 Å². The normalized spacial score (nSPS) is 13.4. The van der Waals surface area contributed by atoms with Crippen LogP contribution in [0.4, 0.5) is 0 Å². The van der Waals surface area contributed by atoms with Gasteiger partial charge in [-0.3, -0.25) is 10.1 Å². The Morgan fingerprint density at radius 3 is 2.21 bits per heavy atom. The maximum Gasteiger partial charge on any atom is 0.181 e. The molecule has 0 atom stereocenters. The van der Waals surface area contributed by atoms with Gasteiger partial charge < -0.3 is 14.9 Å². The van der Waals surface area contributed by atoms with Gasteiger partial charge in [0.2, 0.25) is 0 Å². The van der Waals surface area contributed by atoms with E-state index in [0.29, 0.717) is 29.2 Å². The molecule has 0 saturated heterocycles. The van der Waals surface area contributed by atoms with Gasteiger partial charge in [0, 0.05) is 118 Å². The lowest BCUT2D eigenvalue weighted by Crippen LogP contribution is -2.21. The fourth-order valence-electron chi connectivity index (χ4n) is 11.8. The Kier molecular flexibility index (Phi) is 9.39. The Hall–Kier alpha value is -10.7. The van der Waals surface area contributed by atoms with E-state index in [1.165, 1.54) is 0 Å². The SMILES string of the molecule is C1=CC2=C(c3c(-c4nccc5ccccc45)c(-c4ccc5ccccc5n4)c(-c4nncc5ccccc45)c4cc(-c5cc6ccccc6[nH]5)c(-c5n[nH]c6ccccc56)c(-c5ncc6[nH]cnc6n5)c34)C=CCN2C=C1. The molecule has 0 aliphatic carbocycles. The summed E-state index contributed by atoms with van der Waals surface area (Å²) in [6, 6.07) is 52.7. The standard InChI is InChI=1S/C65H40N12/c1-5-18-41-37(14-1)28-29-66-61(41)59-54(44-21-13-31-77-30-12-11-25-53(44)77)55-46(57(62-42-19-6-2-17-40(42)34-70-75-62)58(59)50-27-26-38-15-3-8-22-47(38)71-50)33-45(51-32-39-16-4-9-23-48(39)72-51)56(63-43-20-7-10-24-49(43)74-76-63)60(55)65-67-35-52-64(73-65)69-36-68-52/h1-30,32-36,72H,31H2,(H,74,76)(H,67,68,69,73). The number of nitrogens with one attached hydrogen (secondary N) is 3. The Morgan fingerprint density at radius 2 is 1.31 bits per heavy atom. The second kappa shape index (κ2) is 16.9. The number of benzene rings is 7. The summed E-state index contributed by atoms with van der Waals surface area (Å²) in [4.78, 5) is 36.2. The highest BCUT2D eigenvalue weighted by Crippen LogP contribution is 2.57. The molecule has 0 saturated carbocycles. The molecule has 12 heteroatoms. The minimum Gasteiger partial charge on any atom is -0.355 e. The molecule has 12 nitrogen and oxygen atoms in total. The van der Waals surface area contributed by atoms with Crippen LogP contribution in [0.5, 0.6) is 0 Å². The van der Waals surface area contributed by atoms with Crippen LogP contribution in [0, 0.1) is 0 Å². The first kappa shape index (κ1) is 42.8. The van der Waals surface area contributed by atoms with Crippen molar-refractivity contribution in [1.29, 1.82) is 0 Å².